The summed E-state index contributed by atoms with van der Waals surface area (Å²) >= 11 is 0. The third kappa shape index (κ3) is 4.29. The summed E-state index contributed by atoms with van der Waals surface area (Å²) in [5, 5.41) is 12.1. The fourth-order valence-electron chi connectivity index (χ4n) is 2.34. The number of hydrogen-bond donors (Lipinski definition) is 2. The zero-order valence-corrected chi connectivity index (χ0v) is 15.3. The van der Waals surface area contributed by atoms with Gasteiger partial charge in [-0.1, -0.05) is 0 Å². The molecule has 0 saturated heterocycles. The van der Waals surface area contributed by atoms with Crippen LogP contribution < -0.4 is 14.8 Å². The molecular weight excluding hydrogens is 345 g/mol. The molecule has 0 aliphatic rings. The smallest absolute Gasteiger partial charge is 0.408 e. The lowest BCUT2D eigenvalue weighted by atomic mass is 10.0. The summed E-state index contributed by atoms with van der Waals surface area (Å²) in [5.41, 5.74) is -0.303. The Bertz CT molecular complexity index is 807. The molecule has 1 atom stereocenters. The molecule has 1 amide bonds. The molecule has 0 aliphatic heterocycles. The number of carbonyl (C=O) groups is 1. The van der Waals surface area contributed by atoms with Gasteiger partial charge in [0.2, 0.25) is 0 Å². The van der Waals surface area contributed by atoms with E-state index in [4.69, 9.17) is 14.2 Å². The Morgan fingerprint density at radius 3 is 2.38 bits per heavy atom. The molecule has 0 fully saturated rings. The van der Waals surface area contributed by atoms with E-state index >= 15 is 0 Å². The summed E-state index contributed by atoms with van der Waals surface area (Å²) in [7, 11) is 2.78. The van der Waals surface area contributed by atoms with Gasteiger partial charge in [0.1, 0.15) is 16.9 Å². The van der Waals surface area contributed by atoms with Crippen molar-refractivity contribution in [3.05, 3.63) is 23.5 Å². The van der Waals surface area contributed by atoms with E-state index in [1.54, 1.807) is 20.8 Å². The van der Waals surface area contributed by atoms with Crippen LogP contribution in [0, 0.1) is 5.82 Å². The number of carbonyl (C=O) groups excluding carboxylic acids is 1. The number of ether oxygens (including phenoxy) is 3. The predicted molar refractivity (Wildman–Crippen MR) is 91.8 cm³/mol. The van der Waals surface area contributed by atoms with E-state index in [0.717, 1.165) is 0 Å². The van der Waals surface area contributed by atoms with Crippen molar-refractivity contribution in [2.75, 3.05) is 20.8 Å². The van der Waals surface area contributed by atoms with E-state index in [1.165, 1.54) is 26.4 Å². The predicted octanol–water partition coefficient (Wildman–Crippen LogP) is 2.34. The number of nitrogens with one attached hydrogen (secondary N) is 1. The van der Waals surface area contributed by atoms with Crippen LogP contribution in [0.15, 0.2) is 12.1 Å². The first-order valence-corrected chi connectivity index (χ1v) is 7.88. The van der Waals surface area contributed by atoms with Crippen molar-refractivity contribution in [1.29, 1.82) is 0 Å². The normalized spacial score (nSPS) is 12.6. The van der Waals surface area contributed by atoms with Gasteiger partial charge < -0.3 is 24.6 Å². The van der Waals surface area contributed by atoms with Crippen molar-refractivity contribution < 1.29 is 28.5 Å². The maximum Gasteiger partial charge on any atom is 0.408 e. The minimum Gasteiger partial charge on any atom is -0.477 e. The number of rotatable bonds is 5. The highest BCUT2D eigenvalue weighted by Crippen LogP contribution is 2.31. The molecule has 0 saturated carbocycles. The Labute approximate surface area is 150 Å². The summed E-state index contributed by atoms with van der Waals surface area (Å²) in [6.07, 6.45) is -0.790. The number of halogens is 1. The van der Waals surface area contributed by atoms with Crippen molar-refractivity contribution in [3.8, 4) is 11.8 Å². The number of fused-ring (bicyclic) bond motifs is 1. The van der Waals surface area contributed by atoms with Crippen LogP contribution in [-0.2, 0) is 4.74 Å². The van der Waals surface area contributed by atoms with E-state index in [-0.39, 0.29) is 22.8 Å². The van der Waals surface area contributed by atoms with Crippen LogP contribution in [0.3, 0.4) is 0 Å². The number of hydrogen-bond acceptors (Lipinski definition) is 7. The van der Waals surface area contributed by atoms with Crippen LogP contribution in [0.5, 0.6) is 11.8 Å². The molecule has 2 aromatic rings. The Kier molecular flexibility index (Phi) is 5.81. The summed E-state index contributed by atoms with van der Waals surface area (Å²) in [6.45, 7) is 4.52. The van der Waals surface area contributed by atoms with Crippen molar-refractivity contribution >= 4 is 17.1 Å². The fraction of sp³-hybridized carbons (Fsp3) is 0.471. The molecular formula is C17H22FN3O5. The average Bonchev–Trinajstić information content (AvgIpc) is 2.57. The van der Waals surface area contributed by atoms with Gasteiger partial charge in [0.25, 0.3) is 11.8 Å². The Balaban J connectivity index is 2.51. The largest absolute Gasteiger partial charge is 0.477 e. The Morgan fingerprint density at radius 1 is 1.23 bits per heavy atom. The number of methoxy groups -OCH3 is 2. The van der Waals surface area contributed by atoms with Gasteiger partial charge in [-0.2, -0.15) is 0 Å². The van der Waals surface area contributed by atoms with Crippen molar-refractivity contribution in [2.45, 2.75) is 32.4 Å². The quantitative estimate of drug-likeness (QED) is 0.836. The summed E-state index contributed by atoms with van der Waals surface area (Å²) in [6, 6.07) is 1.52. The van der Waals surface area contributed by atoms with Crippen molar-refractivity contribution in [3.63, 3.8) is 0 Å². The lowest BCUT2D eigenvalue weighted by molar-refractivity contribution is 0.0481. The number of nitrogens with zero attached hydrogens (tertiary/aromatic N) is 2. The SMILES string of the molecule is COc1nc2ccc(F)c([C@H](CO)NC(=O)OC(C)(C)C)c2nc1OC. The summed E-state index contributed by atoms with van der Waals surface area (Å²) in [4.78, 5) is 20.5. The molecule has 9 heteroatoms. The average molecular weight is 367 g/mol. The number of aliphatic hydroxyl groups is 1. The molecule has 26 heavy (non-hydrogen) atoms. The highest BCUT2D eigenvalue weighted by atomic mass is 19.1. The van der Waals surface area contributed by atoms with Crippen LogP contribution in [0.1, 0.15) is 32.4 Å². The van der Waals surface area contributed by atoms with Gasteiger partial charge in [0.05, 0.1) is 32.4 Å². The molecule has 0 radical (unpaired) electrons. The molecule has 0 aliphatic carbocycles. The number of aromatic nitrogens is 2. The van der Waals surface area contributed by atoms with Crippen LogP contribution in [-0.4, -0.2) is 47.6 Å². The van der Waals surface area contributed by atoms with E-state index in [0.29, 0.717) is 5.52 Å². The van der Waals surface area contributed by atoms with Crippen LogP contribution in [0.4, 0.5) is 9.18 Å². The van der Waals surface area contributed by atoms with E-state index in [9.17, 15) is 14.3 Å². The maximum atomic E-state index is 14.5. The Morgan fingerprint density at radius 2 is 1.85 bits per heavy atom. The molecule has 2 rings (SSSR count). The molecule has 8 nitrogen and oxygen atoms in total. The molecule has 0 spiro atoms. The van der Waals surface area contributed by atoms with Gasteiger partial charge in [0.15, 0.2) is 0 Å². The molecule has 1 aromatic carbocycles. The third-order valence-corrected chi connectivity index (χ3v) is 3.37. The summed E-state index contributed by atoms with van der Waals surface area (Å²) < 4.78 is 29.9. The van der Waals surface area contributed by atoms with Gasteiger partial charge in [-0.3, -0.25) is 0 Å². The highest BCUT2D eigenvalue weighted by Gasteiger charge is 2.25. The second kappa shape index (κ2) is 7.69. The second-order valence-electron chi connectivity index (χ2n) is 6.45. The third-order valence-electron chi connectivity index (χ3n) is 3.37. The number of alkyl carbamates (subject to hydrolysis) is 1. The zero-order valence-electron chi connectivity index (χ0n) is 15.3. The topological polar surface area (TPSA) is 103 Å². The monoisotopic (exact) mass is 367 g/mol. The van der Waals surface area contributed by atoms with Gasteiger partial charge in [-0.15, -0.1) is 0 Å². The standard InChI is InChI=1S/C17H22FN3O5/c1-17(2,3)26-16(23)20-11(8-22)12-9(18)6-7-10-13(12)21-15(25-5)14(19-10)24-4/h6-7,11,22H,8H2,1-5H3,(H,20,23)/t11-/m0/s1. The molecule has 0 unspecified atom stereocenters. The maximum absolute atomic E-state index is 14.5. The summed E-state index contributed by atoms with van der Waals surface area (Å²) in [5.74, 6) is -0.465. The van der Waals surface area contributed by atoms with E-state index in [2.05, 4.69) is 15.3 Å². The molecule has 142 valence electrons. The van der Waals surface area contributed by atoms with Crippen LogP contribution in [0.2, 0.25) is 0 Å². The lowest BCUT2D eigenvalue weighted by Gasteiger charge is -2.23. The minimum atomic E-state index is -1.08. The van der Waals surface area contributed by atoms with Crippen molar-refractivity contribution in [1.82, 2.24) is 15.3 Å². The van der Waals surface area contributed by atoms with Crippen LogP contribution >= 0.6 is 0 Å². The fourth-order valence-corrected chi connectivity index (χ4v) is 2.34. The molecule has 0 bridgehead atoms. The first-order valence-electron chi connectivity index (χ1n) is 7.88. The van der Waals surface area contributed by atoms with Gasteiger partial charge in [0, 0.05) is 5.56 Å². The lowest BCUT2D eigenvalue weighted by Crippen LogP contribution is -2.36. The minimum absolute atomic E-state index is 0.0238. The number of aliphatic hydroxyl groups excluding tert-OH is 1. The van der Waals surface area contributed by atoms with Gasteiger partial charge in [-0.05, 0) is 32.9 Å². The molecule has 2 N–H and O–H groups in total. The highest BCUT2D eigenvalue weighted by molar-refractivity contribution is 5.81. The second-order valence-corrected chi connectivity index (χ2v) is 6.45. The number of benzene rings is 1. The number of amides is 1. The van der Waals surface area contributed by atoms with Gasteiger partial charge >= 0.3 is 6.09 Å². The first-order chi connectivity index (χ1) is 12.2. The first kappa shape index (κ1) is 19.6. The van der Waals surface area contributed by atoms with Gasteiger partial charge in [-0.25, -0.2) is 19.2 Å². The Hall–Kier alpha value is -2.68. The van der Waals surface area contributed by atoms with E-state index in [1.807, 2.05) is 0 Å². The molecule has 1 aromatic heterocycles. The zero-order chi connectivity index (χ0) is 19.5. The van der Waals surface area contributed by atoms with Crippen molar-refractivity contribution in [2.24, 2.45) is 0 Å². The van der Waals surface area contributed by atoms with Crippen LogP contribution in [0.25, 0.3) is 11.0 Å². The van der Waals surface area contributed by atoms with E-state index < -0.39 is 30.2 Å². The molecule has 1 heterocycles.